The second-order valence-corrected chi connectivity index (χ2v) is 6.94. The number of nitrogens with zero attached hydrogens (tertiary/aromatic N) is 1. The van der Waals surface area contributed by atoms with Gasteiger partial charge in [-0.05, 0) is 37.9 Å². The number of carbonyl (C=O) groups excluding carboxylic acids is 1. The lowest BCUT2D eigenvalue weighted by atomic mass is 10.1. The lowest BCUT2D eigenvalue weighted by Gasteiger charge is -2.23. The molecule has 1 amide bonds. The zero-order valence-electron chi connectivity index (χ0n) is 12.4. The Bertz CT molecular complexity index is 532. The van der Waals surface area contributed by atoms with Crippen molar-refractivity contribution >= 4 is 34.8 Å². The van der Waals surface area contributed by atoms with Gasteiger partial charge in [-0.1, -0.05) is 29.3 Å². The van der Waals surface area contributed by atoms with Gasteiger partial charge in [0.2, 0.25) is 5.91 Å². The molecule has 2 aliphatic rings. The Labute approximate surface area is 141 Å². The van der Waals surface area contributed by atoms with Crippen LogP contribution in [0.3, 0.4) is 0 Å². The minimum atomic E-state index is -0.0441. The molecular weight excluding hydrogens is 321 g/mol. The number of hydrogen-bond acceptors (Lipinski definition) is 3. The lowest BCUT2D eigenvalue weighted by molar-refractivity contribution is -0.116. The summed E-state index contributed by atoms with van der Waals surface area (Å²) in [7, 11) is 0. The van der Waals surface area contributed by atoms with E-state index in [9.17, 15) is 4.79 Å². The maximum atomic E-state index is 12.1. The predicted octanol–water partition coefficient (Wildman–Crippen LogP) is 3.15. The van der Waals surface area contributed by atoms with Crippen LogP contribution >= 0.6 is 23.2 Å². The van der Waals surface area contributed by atoms with Gasteiger partial charge < -0.3 is 15.5 Å². The Morgan fingerprint density at radius 3 is 2.73 bits per heavy atom. The molecule has 0 radical (unpaired) electrons. The third-order valence-electron chi connectivity index (χ3n) is 4.49. The van der Waals surface area contributed by atoms with Crippen LogP contribution in [0.4, 0.5) is 5.69 Å². The van der Waals surface area contributed by atoms with E-state index >= 15 is 0 Å². The minimum absolute atomic E-state index is 0.0441. The van der Waals surface area contributed by atoms with Crippen LogP contribution < -0.4 is 10.6 Å². The normalized spacial score (nSPS) is 25.0. The molecule has 1 aromatic carbocycles. The van der Waals surface area contributed by atoms with Gasteiger partial charge in [0.25, 0.3) is 0 Å². The fourth-order valence-electron chi connectivity index (χ4n) is 3.30. The average Bonchev–Trinajstić information content (AvgIpc) is 2.82. The zero-order valence-corrected chi connectivity index (χ0v) is 14.0. The summed E-state index contributed by atoms with van der Waals surface area (Å²) >= 11 is 12.1. The number of benzene rings is 1. The van der Waals surface area contributed by atoms with Crippen LogP contribution in [0.1, 0.15) is 25.7 Å². The van der Waals surface area contributed by atoms with Crippen LogP contribution in [0.15, 0.2) is 18.2 Å². The van der Waals surface area contributed by atoms with Crippen molar-refractivity contribution in [1.82, 2.24) is 10.2 Å². The maximum Gasteiger partial charge on any atom is 0.225 e. The molecule has 2 atom stereocenters. The van der Waals surface area contributed by atoms with E-state index in [-0.39, 0.29) is 5.91 Å². The third kappa shape index (κ3) is 3.93. The molecule has 2 N–H and O–H groups in total. The Balaban J connectivity index is 1.50. The fraction of sp³-hybridized carbons (Fsp3) is 0.562. The smallest absolute Gasteiger partial charge is 0.225 e. The summed E-state index contributed by atoms with van der Waals surface area (Å²) in [4.78, 5) is 14.5. The van der Waals surface area contributed by atoms with E-state index < -0.39 is 0 Å². The molecule has 6 heteroatoms. The van der Waals surface area contributed by atoms with Crippen LogP contribution in [0.2, 0.25) is 10.0 Å². The zero-order chi connectivity index (χ0) is 15.5. The summed E-state index contributed by atoms with van der Waals surface area (Å²) < 4.78 is 0. The van der Waals surface area contributed by atoms with Gasteiger partial charge in [0, 0.05) is 31.6 Å². The summed E-state index contributed by atoms with van der Waals surface area (Å²) in [6.45, 7) is 2.88. The lowest BCUT2D eigenvalue weighted by Crippen LogP contribution is -2.36. The maximum absolute atomic E-state index is 12.1. The average molecular weight is 342 g/mol. The number of likely N-dealkylation sites (tertiary alicyclic amines) is 1. The number of carbonyl (C=O) groups is 1. The summed E-state index contributed by atoms with van der Waals surface area (Å²) in [5, 5.41) is 7.41. The van der Waals surface area contributed by atoms with Crippen LogP contribution in [-0.4, -0.2) is 42.5 Å². The third-order valence-corrected chi connectivity index (χ3v) is 5.12. The number of rotatable bonds is 4. The summed E-state index contributed by atoms with van der Waals surface area (Å²) in [5.74, 6) is -0.0441. The molecule has 2 heterocycles. The van der Waals surface area contributed by atoms with Gasteiger partial charge in [-0.2, -0.15) is 0 Å². The first-order valence-electron chi connectivity index (χ1n) is 7.84. The first kappa shape index (κ1) is 16.1. The molecule has 1 aromatic rings. The summed E-state index contributed by atoms with van der Waals surface area (Å²) in [6.07, 6.45) is 4.18. The molecular formula is C16H21Cl2N3O. The van der Waals surface area contributed by atoms with Gasteiger partial charge >= 0.3 is 0 Å². The number of anilines is 1. The second kappa shape index (κ2) is 7.18. The van der Waals surface area contributed by atoms with Crippen molar-refractivity contribution in [3.8, 4) is 0 Å². The van der Waals surface area contributed by atoms with Gasteiger partial charge in [-0.25, -0.2) is 0 Å². The summed E-state index contributed by atoms with van der Waals surface area (Å²) in [6, 6.07) is 6.47. The van der Waals surface area contributed by atoms with Crippen LogP contribution in [0.5, 0.6) is 0 Å². The SMILES string of the molecule is O=C(CCN1CCC2CCC(C1)N2)Nc1c(Cl)cccc1Cl. The summed E-state index contributed by atoms with van der Waals surface area (Å²) in [5.41, 5.74) is 0.507. The molecule has 2 fully saturated rings. The molecule has 2 saturated heterocycles. The van der Waals surface area contributed by atoms with Gasteiger partial charge in [0.15, 0.2) is 0 Å². The van der Waals surface area contributed by atoms with Gasteiger partial charge in [-0.15, -0.1) is 0 Å². The molecule has 3 rings (SSSR count). The molecule has 22 heavy (non-hydrogen) atoms. The van der Waals surface area contributed by atoms with E-state index in [1.807, 2.05) is 0 Å². The van der Waals surface area contributed by atoms with Crippen molar-refractivity contribution in [2.24, 2.45) is 0 Å². The van der Waals surface area contributed by atoms with Crippen LogP contribution in [-0.2, 0) is 4.79 Å². The highest BCUT2D eigenvalue weighted by molar-refractivity contribution is 6.39. The number of halogens is 2. The molecule has 4 nitrogen and oxygen atoms in total. The van der Waals surface area contributed by atoms with Gasteiger partial charge in [0.05, 0.1) is 15.7 Å². The van der Waals surface area contributed by atoms with E-state index in [1.54, 1.807) is 18.2 Å². The van der Waals surface area contributed by atoms with E-state index in [0.717, 1.165) is 19.6 Å². The van der Waals surface area contributed by atoms with Crippen molar-refractivity contribution in [1.29, 1.82) is 0 Å². The topological polar surface area (TPSA) is 44.4 Å². The van der Waals surface area contributed by atoms with Crippen molar-refractivity contribution in [2.45, 2.75) is 37.8 Å². The number of fused-ring (bicyclic) bond motifs is 2. The highest BCUT2D eigenvalue weighted by atomic mass is 35.5. The first-order chi connectivity index (χ1) is 10.6. The molecule has 0 aliphatic carbocycles. The molecule has 0 spiro atoms. The largest absolute Gasteiger partial charge is 0.324 e. The predicted molar refractivity (Wildman–Crippen MR) is 90.7 cm³/mol. The quantitative estimate of drug-likeness (QED) is 0.884. The number of hydrogen-bond donors (Lipinski definition) is 2. The fourth-order valence-corrected chi connectivity index (χ4v) is 3.79. The first-order valence-corrected chi connectivity index (χ1v) is 8.59. The number of para-hydroxylation sites is 1. The van der Waals surface area contributed by atoms with Crippen molar-refractivity contribution in [3.05, 3.63) is 28.2 Å². The Hall–Kier alpha value is -0.810. The van der Waals surface area contributed by atoms with Crippen molar-refractivity contribution in [2.75, 3.05) is 25.0 Å². The molecule has 2 aliphatic heterocycles. The number of amides is 1. The van der Waals surface area contributed by atoms with Crippen LogP contribution in [0, 0.1) is 0 Å². The minimum Gasteiger partial charge on any atom is -0.324 e. The standard InChI is InChI=1S/C16H21Cl2N3O/c17-13-2-1-3-14(18)16(13)20-15(22)7-9-21-8-6-11-4-5-12(10-21)19-11/h1-3,11-12,19H,4-10H2,(H,20,22). The van der Waals surface area contributed by atoms with E-state index in [1.165, 1.54) is 19.3 Å². The highest BCUT2D eigenvalue weighted by Crippen LogP contribution is 2.29. The van der Waals surface area contributed by atoms with E-state index in [2.05, 4.69) is 15.5 Å². The molecule has 2 unspecified atom stereocenters. The molecule has 120 valence electrons. The highest BCUT2D eigenvalue weighted by Gasteiger charge is 2.29. The van der Waals surface area contributed by atoms with E-state index in [4.69, 9.17) is 23.2 Å². The van der Waals surface area contributed by atoms with Crippen molar-refractivity contribution < 1.29 is 4.79 Å². The van der Waals surface area contributed by atoms with Crippen molar-refractivity contribution in [3.63, 3.8) is 0 Å². The number of nitrogens with one attached hydrogen (secondary N) is 2. The van der Waals surface area contributed by atoms with Crippen LogP contribution in [0.25, 0.3) is 0 Å². The second-order valence-electron chi connectivity index (χ2n) is 6.12. The monoisotopic (exact) mass is 341 g/mol. The molecule has 0 aromatic heterocycles. The molecule has 0 saturated carbocycles. The molecule has 2 bridgehead atoms. The van der Waals surface area contributed by atoms with E-state index in [0.29, 0.717) is 34.2 Å². The Kier molecular flexibility index (Phi) is 5.24. The Morgan fingerprint density at radius 2 is 1.95 bits per heavy atom. The van der Waals surface area contributed by atoms with Gasteiger partial charge in [-0.3, -0.25) is 4.79 Å². The van der Waals surface area contributed by atoms with Gasteiger partial charge in [0.1, 0.15) is 0 Å². The Morgan fingerprint density at radius 1 is 1.23 bits per heavy atom.